The van der Waals surface area contributed by atoms with E-state index in [-0.39, 0.29) is 12.5 Å². The van der Waals surface area contributed by atoms with Crippen LogP contribution in [0.25, 0.3) is 0 Å². The van der Waals surface area contributed by atoms with E-state index in [1.165, 1.54) is 18.7 Å². The highest BCUT2D eigenvalue weighted by atomic mass is 32.2. The smallest absolute Gasteiger partial charge is 0.221 e. The number of amides is 1. The van der Waals surface area contributed by atoms with Crippen molar-refractivity contribution in [3.8, 4) is 11.8 Å². The van der Waals surface area contributed by atoms with Gasteiger partial charge in [0.1, 0.15) is 12.4 Å². The molecule has 0 spiro atoms. The molecular formula is C19H20N2O3S. The Morgan fingerprint density at radius 1 is 1.24 bits per heavy atom. The van der Waals surface area contributed by atoms with Gasteiger partial charge in [0.25, 0.3) is 0 Å². The van der Waals surface area contributed by atoms with Crippen molar-refractivity contribution >= 4 is 23.4 Å². The molecule has 0 aliphatic heterocycles. The second-order valence-electron chi connectivity index (χ2n) is 5.46. The molecule has 2 rings (SSSR count). The largest absolute Gasteiger partial charge is 0.491 e. The molecule has 0 fully saturated rings. The molecule has 2 N–H and O–H groups in total. The summed E-state index contributed by atoms with van der Waals surface area (Å²) in [5, 5.41) is 21.4. The number of thioether (sulfide) groups is 1. The Hall–Kier alpha value is -2.49. The number of carbonyl (C=O) groups excluding carboxylic acids is 1. The summed E-state index contributed by atoms with van der Waals surface area (Å²) in [5.41, 5.74) is 1.69. The summed E-state index contributed by atoms with van der Waals surface area (Å²) in [6, 6.07) is 16.8. The van der Waals surface area contributed by atoms with E-state index in [0.29, 0.717) is 17.9 Å². The standard InChI is InChI=1S/C19H20N2O3S/c1-14(22)21-16-4-8-19(9-5-16)25-13-17(23)12-24-18-6-2-15(3-7-18)10-11-20/h2-9,17,23H,10,12-13H2,1H3,(H,21,22). The van der Waals surface area contributed by atoms with E-state index in [4.69, 9.17) is 10.00 Å². The summed E-state index contributed by atoms with van der Waals surface area (Å²) < 4.78 is 5.56. The molecule has 0 aliphatic carbocycles. The normalized spacial score (nSPS) is 11.4. The van der Waals surface area contributed by atoms with Crippen LogP contribution in [0.3, 0.4) is 0 Å². The zero-order valence-corrected chi connectivity index (χ0v) is 14.8. The van der Waals surface area contributed by atoms with Gasteiger partial charge >= 0.3 is 0 Å². The molecule has 1 amide bonds. The number of nitriles is 1. The maximum Gasteiger partial charge on any atom is 0.221 e. The number of nitrogens with zero attached hydrogens (tertiary/aromatic N) is 1. The van der Waals surface area contributed by atoms with Gasteiger partial charge in [0.15, 0.2) is 0 Å². The summed E-state index contributed by atoms with van der Waals surface area (Å²) in [6.07, 6.45) is -0.223. The highest BCUT2D eigenvalue weighted by molar-refractivity contribution is 7.99. The summed E-state index contributed by atoms with van der Waals surface area (Å²) in [4.78, 5) is 12.0. The zero-order valence-electron chi connectivity index (χ0n) is 13.9. The number of benzene rings is 2. The predicted octanol–water partition coefficient (Wildman–Crippen LogP) is 3.24. The number of rotatable bonds is 8. The van der Waals surface area contributed by atoms with Crippen LogP contribution in [0.2, 0.25) is 0 Å². The maximum absolute atomic E-state index is 11.0. The minimum Gasteiger partial charge on any atom is -0.491 e. The fraction of sp³-hybridized carbons (Fsp3) is 0.263. The van der Waals surface area contributed by atoms with Gasteiger partial charge < -0.3 is 15.2 Å². The molecule has 5 nitrogen and oxygen atoms in total. The number of aliphatic hydroxyl groups is 1. The third kappa shape index (κ3) is 6.87. The van der Waals surface area contributed by atoms with E-state index in [1.54, 1.807) is 12.1 Å². The lowest BCUT2D eigenvalue weighted by atomic mass is 10.2. The second kappa shape index (κ2) is 9.72. The lowest BCUT2D eigenvalue weighted by Gasteiger charge is -2.12. The number of aliphatic hydroxyl groups excluding tert-OH is 1. The number of carbonyl (C=O) groups is 1. The molecule has 6 heteroatoms. The predicted molar refractivity (Wildman–Crippen MR) is 98.7 cm³/mol. The van der Waals surface area contributed by atoms with Crippen molar-refractivity contribution in [2.75, 3.05) is 17.7 Å². The van der Waals surface area contributed by atoms with Crippen LogP contribution in [-0.2, 0) is 11.2 Å². The molecule has 2 aromatic carbocycles. The van der Waals surface area contributed by atoms with Crippen molar-refractivity contribution in [2.24, 2.45) is 0 Å². The minimum absolute atomic E-state index is 0.103. The zero-order chi connectivity index (χ0) is 18.1. The van der Waals surface area contributed by atoms with Crippen molar-refractivity contribution in [1.82, 2.24) is 0 Å². The first-order chi connectivity index (χ1) is 12.1. The molecule has 130 valence electrons. The lowest BCUT2D eigenvalue weighted by Crippen LogP contribution is -2.20. The van der Waals surface area contributed by atoms with E-state index in [2.05, 4.69) is 11.4 Å². The molecule has 1 atom stereocenters. The Balaban J connectivity index is 1.74. The van der Waals surface area contributed by atoms with E-state index >= 15 is 0 Å². The van der Waals surface area contributed by atoms with Crippen LogP contribution >= 0.6 is 11.8 Å². The van der Waals surface area contributed by atoms with Crippen molar-refractivity contribution in [3.05, 3.63) is 54.1 Å². The van der Waals surface area contributed by atoms with Crippen LogP contribution < -0.4 is 10.1 Å². The molecule has 2 aromatic rings. The summed E-state index contributed by atoms with van der Waals surface area (Å²) >= 11 is 1.52. The fourth-order valence-corrected chi connectivity index (χ4v) is 2.88. The van der Waals surface area contributed by atoms with Crippen molar-refractivity contribution in [1.29, 1.82) is 5.26 Å². The van der Waals surface area contributed by atoms with Gasteiger partial charge in [-0.3, -0.25) is 4.79 Å². The quantitative estimate of drug-likeness (QED) is 0.710. The molecular weight excluding hydrogens is 336 g/mol. The van der Waals surface area contributed by atoms with Gasteiger partial charge in [0.05, 0.1) is 18.6 Å². The molecule has 0 saturated heterocycles. The Morgan fingerprint density at radius 2 is 1.92 bits per heavy atom. The van der Waals surface area contributed by atoms with Crippen LogP contribution in [0, 0.1) is 11.3 Å². The number of anilines is 1. The first kappa shape index (κ1) is 18.8. The average molecular weight is 356 g/mol. The van der Waals surface area contributed by atoms with Crippen molar-refractivity contribution in [2.45, 2.75) is 24.3 Å². The Bertz CT molecular complexity index is 724. The number of hydrogen-bond acceptors (Lipinski definition) is 5. The molecule has 25 heavy (non-hydrogen) atoms. The van der Waals surface area contributed by atoms with E-state index < -0.39 is 6.10 Å². The molecule has 1 unspecified atom stereocenters. The van der Waals surface area contributed by atoms with Crippen LogP contribution in [0.5, 0.6) is 5.75 Å². The second-order valence-corrected chi connectivity index (χ2v) is 6.55. The summed E-state index contributed by atoms with van der Waals surface area (Å²) in [7, 11) is 0. The molecule has 0 aliphatic rings. The van der Waals surface area contributed by atoms with Crippen molar-refractivity contribution < 1.29 is 14.6 Å². The highest BCUT2D eigenvalue weighted by Gasteiger charge is 2.07. The van der Waals surface area contributed by atoms with E-state index in [0.717, 1.165) is 16.1 Å². The maximum atomic E-state index is 11.0. The lowest BCUT2D eigenvalue weighted by molar-refractivity contribution is -0.114. The first-order valence-corrected chi connectivity index (χ1v) is 8.82. The topological polar surface area (TPSA) is 82.3 Å². The number of ether oxygens (including phenoxy) is 1. The third-order valence-corrected chi connectivity index (χ3v) is 4.42. The average Bonchev–Trinajstić information content (AvgIpc) is 2.60. The van der Waals surface area contributed by atoms with Crippen LogP contribution in [0.15, 0.2) is 53.4 Å². The Labute approximate surface area is 151 Å². The van der Waals surface area contributed by atoms with Crippen LogP contribution in [-0.4, -0.2) is 29.5 Å². The van der Waals surface area contributed by atoms with Gasteiger partial charge in [-0.15, -0.1) is 11.8 Å². The Kier molecular flexibility index (Phi) is 7.33. The molecule has 0 aromatic heterocycles. The third-order valence-electron chi connectivity index (χ3n) is 3.27. The Morgan fingerprint density at radius 3 is 2.52 bits per heavy atom. The van der Waals surface area contributed by atoms with Gasteiger partial charge in [-0.1, -0.05) is 12.1 Å². The van der Waals surface area contributed by atoms with Gasteiger partial charge in [0, 0.05) is 23.3 Å². The fourth-order valence-electron chi connectivity index (χ4n) is 2.07. The van der Waals surface area contributed by atoms with Gasteiger partial charge in [-0.05, 0) is 42.0 Å². The van der Waals surface area contributed by atoms with Gasteiger partial charge in [-0.25, -0.2) is 0 Å². The van der Waals surface area contributed by atoms with E-state index in [9.17, 15) is 9.90 Å². The molecule has 0 bridgehead atoms. The van der Waals surface area contributed by atoms with Crippen LogP contribution in [0.1, 0.15) is 12.5 Å². The number of hydrogen-bond donors (Lipinski definition) is 2. The summed E-state index contributed by atoms with van der Waals surface area (Å²) in [5.74, 6) is 1.07. The molecule has 0 heterocycles. The van der Waals surface area contributed by atoms with E-state index in [1.807, 2.05) is 36.4 Å². The SMILES string of the molecule is CC(=O)Nc1ccc(SCC(O)COc2ccc(CC#N)cc2)cc1. The number of nitrogens with one attached hydrogen (secondary N) is 1. The minimum atomic E-state index is -0.598. The highest BCUT2D eigenvalue weighted by Crippen LogP contribution is 2.21. The van der Waals surface area contributed by atoms with Crippen LogP contribution in [0.4, 0.5) is 5.69 Å². The summed E-state index contributed by atoms with van der Waals surface area (Å²) in [6.45, 7) is 1.67. The molecule has 0 saturated carbocycles. The van der Waals surface area contributed by atoms with Gasteiger partial charge in [-0.2, -0.15) is 5.26 Å². The monoisotopic (exact) mass is 356 g/mol. The van der Waals surface area contributed by atoms with Crippen molar-refractivity contribution in [3.63, 3.8) is 0 Å². The molecule has 0 radical (unpaired) electrons. The first-order valence-electron chi connectivity index (χ1n) is 7.84. The van der Waals surface area contributed by atoms with Gasteiger partial charge in [0.2, 0.25) is 5.91 Å².